The molecule has 0 aliphatic carbocycles. The van der Waals surface area contributed by atoms with Gasteiger partial charge in [0.25, 0.3) is 0 Å². The molecule has 0 fully saturated rings. The molecule has 5 heteroatoms. The molecule has 0 radical (unpaired) electrons. The molecule has 0 bridgehead atoms. The van der Waals surface area contributed by atoms with E-state index < -0.39 is 17.8 Å². The zero-order valence-electron chi connectivity index (χ0n) is 11.4. The maximum absolute atomic E-state index is 13.1. The van der Waals surface area contributed by atoms with Crippen molar-refractivity contribution < 1.29 is 18.3 Å². The van der Waals surface area contributed by atoms with Crippen molar-refractivity contribution in [2.75, 3.05) is 0 Å². The molecule has 112 valence electrons. The van der Waals surface area contributed by atoms with E-state index in [1.807, 2.05) is 6.07 Å². The van der Waals surface area contributed by atoms with E-state index in [4.69, 9.17) is 0 Å². The zero-order chi connectivity index (χ0) is 15.7. The van der Waals surface area contributed by atoms with Crippen LogP contribution in [0, 0.1) is 0 Å². The summed E-state index contributed by atoms with van der Waals surface area (Å²) in [5.74, 6) is 0. The van der Waals surface area contributed by atoms with Crippen LogP contribution in [0.25, 0.3) is 10.9 Å². The van der Waals surface area contributed by atoms with E-state index in [2.05, 4.69) is 4.98 Å². The Kier molecular flexibility index (Phi) is 3.58. The highest BCUT2D eigenvalue weighted by molar-refractivity contribution is 5.86. The number of para-hydroxylation sites is 1. The molecular formula is C17H12F3NO. The molecular weight excluding hydrogens is 291 g/mol. The number of hydrogen-bond donors (Lipinski definition) is 1. The summed E-state index contributed by atoms with van der Waals surface area (Å²) in [5.41, 5.74) is 0.0734. The molecule has 3 aromatic rings. The fourth-order valence-electron chi connectivity index (χ4n) is 2.48. The molecule has 1 heterocycles. The topological polar surface area (TPSA) is 33.1 Å². The molecule has 2 nitrogen and oxygen atoms in total. The minimum absolute atomic E-state index is 0.150. The van der Waals surface area contributed by atoms with E-state index in [9.17, 15) is 18.3 Å². The number of halogens is 3. The monoisotopic (exact) mass is 303 g/mol. The number of benzene rings is 2. The Labute approximate surface area is 124 Å². The molecule has 0 aliphatic heterocycles. The highest BCUT2D eigenvalue weighted by Crippen LogP contribution is 2.36. The number of rotatable bonds is 2. The lowest BCUT2D eigenvalue weighted by Crippen LogP contribution is -2.08. The van der Waals surface area contributed by atoms with Gasteiger partial charge in [-0.3, -0.25) is 4.98 Å². The number of nitrogens with zero attached hydrogens (tertiary/aromatic N) is 1. The molecule has 1 unspecified atom stereocenters. The summed E-state index contributed by atoms with van der Waals surface area (Å²) in [6.45, 7) is 0. The van der Waals surface area contributed by atoms with E-state index in [1.165, 1.54) is 12.3 Å². The van der Waals surface area contributed by atoms with Crippen LogP contribution in [0.5, 0.6) is 0 Å². The number of hydrogen-bond acceptors (Lipinski definition) is 2. The maximum atomic E-state index is 13.1. The summed E-state index contributed by atoms with van der Waals surface area (Å²) < 4.78 is 39.2. The van der Waals surface area contributed by atoms with Crippen LogP contribution in [0.3, 0.4) is 0 Å². The van der Waals surface area contributed by atoms with Gasteiger partial charge in [0.2, 0.25) is 0 Å². The van der Waals surface area contributed by atoms with Crippen molar-refractivity contribution in [2.45, 2.75) is 12.3 Å². The van der Waals surface area contributed by atoms with Gasteiger partial charge >= 0.3 is 6.18 Å². The van der Waals surface area contributed by atoms with Crippen LogP contribution in [0.1, 0.15) is 22.8 Å². The first-order valence-electron chi connectivity index (χ1n) is 6.66. The van der Waals surface area contributed by atoms with Crippen molar-refractivity contribution in [3.63, 3.8) is 0 Å². The Bertz CT molecular complexity index is 800. The molecule has 22 heavy (non-hydrogen) atoms. The van der Waals surface area contributed by atoms with Crippen molar-refractivity contribution in [1.82, 2.24) is 4.98 Å². The summed E-state index contributed by atoms with van der Waals surface area (Å²) in [7, 11) is 0. The third-order valence-electron chi connectivity index (χ3n) is 3.52. The second-order valence-corrected chi connectivity index (χ2v) is 4.91. The number of aliphatic hydroxyl groups excluding tert-OH is 1. The second kappa shape index (κ2) is 5.42. The highest BCUT2D eigenvalue weighted by atomic mass is 19.4. The minimum atomic E-state index is -4.48. The number of pyridine rings is 1. The summed E-state index contributed by atoms with van der Waals surface area (Å²) in [6.07, 6.45) is -4.20. The SMILES string of the molecule is OC(c1ccccc1)c1ccnc2c(C(F)(F)F)cccc12. The molecule has 0 saturated heterocycles. The fourth-order valence-corrected chi connectivity index (χ4v) is 2.48. The number of aliphatic hydroxyl groups is 1. The Morgan fingerprint density at radius 2 is 1.64 bits per heavy atom. The van der Waals surface area contributed by atoms with E-state index in [1.54, 1.807) is 36.4 Å². The van der Waals surface area contributed by atoms with Crippen molar-refractivity contribution >= 4 is 10.9 Å². The number of aromatic nitrogens is 1. The smallest absolute Gasteiger partial charge is 0.384 e. The summed E-state index contributed by atoms with van der Waals surface area (Å²) >= 11 is 0. The van der Waals surface area contributed by atoms with E-state index in [-0.39, 0.29) is 5.52 Å². The van der Waals surface area contributed by atoms with Crippen LogP contribution in [-0.4, -0.2) is 10.1 Å². The van der Waals surface area contributed by atoms with Crippen molar-refractivity contribution in [2.24, 2.45) is 0 Å². The Morgan fingerprint density at radius 3 is 2.32 bits per heavy atom. The van der Waals surface area contributed by atoms with Gasteiger partial charge in [-0.2, -0.15) is 13.2 Å². The standard InChI is InChI=1S/C17H12F3NO/c18-17(19,20)14-8-4-7-12-13(9-10-21-15(12)14)16(22)11-5-2-1-3-6-11/h1-10,16,22H. The molecule has 0 saturated carbocycles. The van der Waals surface area contributed by atoms with Crippen LogP contribution in [0.2, 0.25) is 0 Å². The predicted octanol–water partition coefficient (Wildman–Crippen LogP) is 4.34. The van der Waals surface area contributed by atoms with E-state index >= 15 is 0 Å². The quantitative estimate of drug-likeness (QED) is 0.764. The lowest BCUT2D eigenvalue weighted by atomic mass is 9.97. The summed E-state index contributed by atoms with van der Waals surface area (Å²) in [4.78, 5) is 3.85. The first-order valence-corrected chi connectivity index (χ1v) is 6.66. The van der Waals surface area contributed by atoms with Crippen LogP contribution < -0.4 is 0 Å². The van der Waals surface area contributed by atoms with Crippen molar-refractivity contribution in [3.05, 3.63) is 77.5 Å². The van der Waals surface area contributed by atoms with Crippen LogP contribution in [0.15, 0.2) is 60.8 Å². The van der Waals surface area contributed by atoms with E-state index in [0.717, 1.165) is 6.07 Å². The molecule has 0 amide bonds. The maximum Gasteiger partial charge on any atom is 0.418 e. The normalized spacial score (nSPS) is 13.3. The van der Waals surface area contributed by atoms with Gasteiger partial charge in [0, 0.05) is 11.6 Å². The van der Waals surface area contributed by atoms with Gasteiger partial charge in [-0.1, -0.05) is 42.5 Å². The third-order valence-corrected chi connectivity index (χ3v) is 3.52. The first-order chi connectivity index (χ1) is 10.5. The Morgan fingerprint density at radius 1 is 0.909 bits per heavy atom. The lowest BCUT2D eigenvalue weighted by Gasteiger charge is -2.16. The lowest BCUT2D eigenvalue weighted by molar-refractivity contribution is -0.136. The molecule has 1 atom stereocenters. The Balaban J connectivity index is 2.20. The van der Waals surface area contributed by atoms with Gasteiger partial charge in [0.05, 0.1) is 11.1 Å². The molecule has 0 spiro atoms. The van der Waals surface area contributed by atoms with Gasteiger partial charge in [-0.05, 0) is 23.3 Å². The van der Waals surface area contributed by atoms with Crippen molar-refractivity contribution in [1.29, 1.82) is 0 Å². The average molecular weight is 303 g/mol. The largest absolute Gasteiger partial charge is 0.418 e. The van der Waals surface area contributed by atoms with Gasteiger partial charge in [-0.15, -0.1) is 0 Å². The fraction of sp³-hybridized carbons (Fsp3) is 0.118. The van der Waals surface area contributed by atoms with Crippen LogP contribution >= 0.6 is 0 Å². The third kappa shape index (κ3) is 2.55. The minimum Gasteiger partial charge on any atom is -0.384 e. The second-order valence-electron chi connectivity index (χ2n) is 4.91. The molecule has 1 N–H and O–H groups in total. The molecule has 1 aromatic heterocycles. The number of fused-ring (bicyclic) bond motifs is 1. The molecule has 3 rings (SSSR count). The van der Waals surface area contributed by atoms with Gasteiger partial charge in [-0.25, -0.2) is 0 Å². The van der Waals surface area contributed by atoms with Crippen LogP contribution in [-0.2, 0) is 6.18 Å². The van der Waals surface area contributed by atoms with Gasteiger partial charge in [0.1, 0.15) is 6.10 Å². The Hall–Kier alpha value is -2.40. The number of alkyl halides is 3. The molecule has 2 aromatic carbocycles. The van der Waals surface area contributed by atoms with E-state index in [0.29, 0.717) is 16.5 Å². The zero-order valence-corrected chi connectivity index (χ0v) is 11.4. The van der Waals surface area contributed by atoms with Crippen molar-refractivity contribution in [3.8, 4) is 0 Å². The van der Waals surface area contributed by atoms with Gasteiger partial charge < -0.3 is 5.11 Å². The van der Waals surface area contributed by atoms with Crippen LogP contribution in [0.4, 0.5) is 13.2 Å². The average Bonchev–Trinajstić information content (AvgIpc) is 2.53. The predicted molar refractivity (Wildman–Crippen MR) is 77.2 cm³/mol. The summed E-state index contributed by atoms with van der Waals surface area (Å²) in [5, 5.41) is 10.8. The first kappa shape index (κ1) is 14.5. The molecule has 0 aliphatic rings. The highest BCUT2D eigenvalue weighted by Gasteiger charge is 2.33. The van der Waals surface area contributed by atoms with Gasteiger partial charge in [0.15, 0.2) is 0 Å². The summed E-state index contributed by atoms with van der Waals surface area (Å²) in [6, 6.07) is 14.2.